The smallest absolute Gasteiger partial charge is 0.0410 e. The van der Waals surface area contributed by atoms with Gasteiger partial charge in [-0.05, 0) is 61.8 Å². The number of fused-ring (bicyclic) bond motifs is 1. The van der Waals surface area contributed by atoms with E-state index in [0.717, 1.165) is 13.0 Å². The Morgan fingerprint density at radius 2 is 1.50 bits per heavy atom. The fourth-order valence-electron chi connectivity index (χ4n) is 4.90. The number of anilines is 1. The lowest BCUT2D eigenvalue weighted by Gasteiger charge is -2.53. The van der Waals surface area contributed by atoms with Gasteiger partial charge in [-0.15, -0.1) is 0 Å². The van der Waals surface area contributed by atoms with Crippen LogP contribution in [-0.2, 0) is 11.8 Å². The molecule has 24 heavy (non-hydrogen) atoms. The van der Waals surface area contributed by atoms with Crippen molar-refractivity contribution in [1.82, 2.24) is 0 Å². The molecule has 1 aromatic carbocycles. The third kappa shape index (κ3) is 2.87. The molecule has 0 aromatic heterocycles. The molecular formula is C22H38N2. The molecule has 0 saturated carbocycles. The van der Waals surface area contributed by atoms with Crippen molar-refractivity contribution in [2.75, 3.05) is 18.0 Å². The first-order valence-electron chi connectivity index (χ1n) is 9.37. The molecule has 2 nitrogen and oxygen atoms in total. The van der Waals surface area contributed by atoms with Crippen LogP contribution in [0.25, 0.3) is 0 Å². The van der Waals surface area contributed by atoms with E-state index in [1.807, 2.05) is 0 Å². The van der Waals surface area contributed by atoms with E-state index in [-0.39, 0.29) is 21.8 Å². The molecule has 0 unspecified atom stereocenters. The Labute approximate surface area is 149 Å². The van der Waals surface area contributed by atoms with Gasteiger partial charge in [-0.3, -0.25) is 0 Å². The maximum absolute atomic E-state index is 5.83. The lowest BCUT2D eigenvalue weighted by atomic mass is 9.52. The van der Waals surface area contributed by atoms with E-state index in [4.69, 9.17) is 5.73 Å². The number of nitrogens with zero attached hydrogens (tertiary/aromatic N) is 1. The molecular weight excluding hydrogens is 292 g/mol. The van der Waals surface area contributed by atoms with Gasteiger partial charge >= 0.3 is 0 Å². The molecule has 0 fully saturated rings. The minimum Gasteiger partial charge on any atom is -0.366 e. The van der Waals surface area contributed by atoms with Crippen molar-refractivity contribution >= 4 is 5.69 Å². The van der Waals surface area contributed by atoms with Crippen LogP contribution in [0.3, 0.4) is 0 Å². The summed E-state index contributed by atoms with van der Waals surface area (Å²) in [6, 6.07) is 7.06. The van der Waals surface area contributed by atoms with Crippen molar-refractivity contribution in [1.29, 1.82) is 0 Å². The van der Waals surface area contributed by atoms with Crippen molar-refractivity contribution in [3.63, 3.8) is 0 Å². The van der Waals surface area contributed by atoms with Crippen LogP contribution in [0.1, 0.15) is 73.4 Å². The predicted octanol–water partition coefficient (Wildman–Crippen LogP) is 5.14. The van der Waals surface area contributed by atoms with Crippen molar-refractivity contribution in [3.8, 4) is 0 Å². The first-order chi connectivity index (χ1) is 10.8. The predicted molar refractivity (Wildman–Crippen MR) is 107 cm³/mol. The average molecular weight is 331 g/mol. The van der Waals surface area contributed by atoms with Crippen LogP contribution in [0.15, 0.2) is 18.2 Å². The minimum atomic E-state index is 0.104. The highest BCUT2D eigenvalue weighted by Crippen LogP contribution is 2.60. The third-order valence-electron chi connectivity index (χ3n) is 6.01. The highest BCUT2D eigenvalue weighted by atomic mass is 15.2. The molecule has 1 heterocycles. The first-order valence-corrected chi connectivity index (χ1v) is 9.37. The van der Waals surface area contributed by atoms with E-state index in [1.54, 1.807) is 0 Å². The standard InChI is InChI=1S/C22H38N2/c1-19(2,3)22(20(4,5)6)15-24(21(7,8)9)18-11-10-16(12-13-23)14-17(18)22/h10-11,14H,12-13,15,23H2,1-9H3. The normalized spacial score (nSPS) is 18.0. The molecule has 0 spiro atoms. The molecule has 2 heteroatoms. The molecule has 0 radical (unpaired) electrons. The summed E-state index contributed by atoms with van der Waals surface area (Å²) in [6.07, 6.45) is 0.952. The van der Waals surface area contributed by atoms with Crippen LogP contribution < -0.4 is 10.6 Å². The van der Waals surface area contributed by atoms with Gasteiger partial charge in [0, 0.05) is 23.2 Å². The van der Waals surface area contributed by atoms with Gasteiger partial charge in [0.25, 0.3) is 0 Å². The molecule has 0 atom stereocenters. The number of benzene rings is 1. The quantitative estimate of drug-likeness (QED) is 0.814. The van der Waals surface area contributed by atoms with Crippen LogP contribution in [0, 0.1) is 10.8 Å². The van der Waals surface area contributed by atoms with Crippen LogP contribution in [-0.4, -0.2) is 18.6 Å². The monoisotopic (exact) mass is 330 g/mol. The Balaban J connectivity index is 2.79. The van der Waals surface area contributed by atoms with E-state index in [1.165, 1.54) is 16.8 Å². The minimum absolute atomic E-state index is 0.104. The van der Waals surface area contributed by atoms with Gasteiger partial charge in [-0.2, -0.15) is 0 Å². The largest absolute Gasteiger partial charge is 0.366 e. The van der Waals surface area contributed by atoms with E-state index in [2.05, 4.69) is 85.4 Å². The van der Waals surface area contributed by atoms with E-state index < -0.39 is 0 Å². The molecule has 1 aliphatic rings. The van der Waals surface area contributed by atoms with Crippen molar-refractivity contribution in [2.45, 2.75) is 79.7 Å². The van der Waals surface area contributed by atoms with Gasteiger partial charge in [0.05, 0.1) is 0 Å². The number of nitrogens with two attached hydrogens (primary N) is 1. The maximum atomic E-state index is 5.83. The SMILES string of the molecule is CC(C)(C)N1CC(C(C)(C)C)(C(C)(C)C)c2cc(CCN)ccc21. The summed E-state index contributed by atoms with van der Waals surface area (Å²) in [5.41, 5.74) is 10.7. The summed E-state index contributed by atoms with van der Waals surface area (Å²) in [6.45, 7) is 23.2. The summed E-state index contributed by atoms with van der Waals surface area (Å²) in [5.74, 6) is 0. The fraction of sp³-hybridized carbons (Fsp3) is 0.727. The van der Waals surface area contributed by atoms with Gasteiger partial charge in [0.1, 0.15) is 0 Å². The molecule has 2 N–H and O–H groups in total. The topological polar surface area (TPSA) is 29.3 Å². The Hall–Kier alpha value is -1.02. The van der Waals surface area contributed by atoms with Gasteiger partial charge in [-0.1, -0.05) is 53.7 Å². The highest BCUT2D eigenvalue weighted by Gasteiger charge is 2.58. The summed E-state index contributed by atoms with van der Waals surface area (Å²) in [5, 5.41) is 0. The van der Waals surface area contributed by atoms with Crippen molar-refractivity contribution in [2.24, 2.45) is 16.6 Å². The van der Waals surface area contributed by atoms with Crippen LogP contribution in [0.4, 0.5) is 5.69 Å². The van der Waals surface area contributed by atoms with Crippen LogP contribution >= 0.6 is 0 Å². The van der Waals surface area contributed by atoms with E-state index in [9.17, 15) is 0 Å². The van der Waals surface area contributed by atoms with Gasteiger partial charge in [0.2, 0.25) is 0 Å². The van der Waals surface area contributed by atoms with Crippen LogP contribution in [0.5, 0.6) is 0 Å². The lowest BCUT2D eigenvalue weighted by Crippen LogP contribution is -2.55. The van der Waals surface area contributed by atoms with Crippen LogP contribution in [0.2, 0.25) is 0 Å². The third-order valence-corrected chi connectivity index (χ3v) is 6.01. The Morgan fingerprint density at radius 3 is 1.92 bits per heavy atom. The summed E-state index contributed by atoms with van der Waals surface area (Å²) in [7, 11) is 0. The molecule has 0 amide bonds. The van der Waals surface area contributed by atoms with E-state index >= 15 is 0 Å². The summed E-state index contributed by atoms with van der Waals surface area (Å²) < 4.78 is 0. The highest BCUT2D eigenvalue weighted by molar-refractivity contribution is 5.66. The number of hydrogen-bond acceptors (Lipinski definition) is 2. The second kappa shape index (κ2) is 5.76. The fourth-order valence-corrected chi connectivity index (χ4v) is 4.90. The Bertz CT molecular complexity index is 580. The zero-order valence-electron chi connectivity index (χ0n) is 17.4. The lowest BCUT2D eigenvalue weighted by molar-refractivity contribution is 0.0635. The van der Waals surface area contributed by atoms with Crippen molar-refractivity contribution in [3.05, 3.63) is 29.3 Å². The zero-order valence-corrected chi connectivity index (χ0v) is 17.4. The maximum Gasteiger partial charge on any atom is 0.0410 e. The van der Waals surface area contributed by atoms with Crippen molar-refractivity contribution < 1.29 is 0 Å². The molecule has 0 saturated heterocycles. The van der Waals surface area contributed by atoms with Gasteiger partial charge < -0.3 is 10.6 Å². The molecule has 136 valence electrons. The second-order valence-corrected chi connectivity index (χ2v) is 10.6. The van der Waals surface area contributed by atoms with Gasteiger partial charge in [-0.25, -0.2) is 0 Å². The number of rotatable bonds is 2. The molecule has 1 aliphatic heterocycles. The van der Waals surface area contributed by atoms with E-state index in [0.29, 0.717) is 6.54 Å². The summed E-state index contributed by atoms with van der Waals surface area (Å²) >= 11 is 0. The first kappa shape index (κ1) is 19.3. The molecule has 0 aliphatic carbocycles. The molecule has 1 aromatic rings. The molecule has 2 rings (SSSR count). The second-order valence-electron chi connectivity index (χ2n) is 10.6. The Kier molecular flexibility index (Phi) is 4.63. The van der Waals surface area contributed by atoms with Gasteiger partial charge in [0.15, 0.2) is 0 Å². The molecule has 0 bridgehead atoms. The zero-order chi connectivity index (χ0) is 18.6. The average Bonchev–Trinajstić information content (AvgIpc) is 2.73. The number of hydrogen-bond donors (Lipinski definition) is 1. The Morgan fingerprint density at radius 1 is 0.958 bits per heavy atom. The summed E-state index contributed by atoms with van der Waals surface area (Å²) in [4.78, 5) is 2.62.